The number of carboxylic acid groups (broad SMARTS) is 4. The van der Waals surface area contributed by atoms with Gasteiger partial charge in [0, 0.05) is 70.4 Å². The highest BCUT2D eigenvalue weighted by Gasteiger charge is 2.34. The van der Waals surface area contributed by atoms with Gasteiger partial charge in [0.25, 0.3) is 0 Å². The van der Waals surface area contributed by atoms with E-state index in [-0.39, 0.29) is 71.0 Å². The predicted molar refractivity (Wildman–Crippen MR) is 324 cm³/mol. The van der Waals surface area contributed by atoms with Crippen LogP contribution < -0.4 is 53.6 Å². The van der Waals surface area contributed by atoms with Crippen LogP contribution in [0.3, 0.4) is 0 Å². The molecule has 92 heavy (non-hydrogen) atoms. The van der Waals surface area contributed by atoms with E-state index >= 15 is 0 Å². The van der Waals surface area contributed by atoms with Crippen molar-refractivity contribution in [2.24, 2.45) is 5.73 Å². The van der Waals surface area contributed by atoms with Gasteiger partial charge in [0.2, 0.25) is 59.1 Å². The highest BCUT2D eigenvalue weighted by Crippen LogP contribution is 2.14. The summed E-state index contributed by atoms with van der Waals surface area (Å²) in [6, 6.07) is -11.9. The molecule has 0 aliphatic carbocycles. The lowest BCUT2D eigenvalue weighted by Gasteiger charge is -2.27. The third-order valence-corrected chi connectivity index (χ3v) is 14.0. The molecule has 0 radical (unpaired) electrons. The number of nitrogens with zero attached hydrogens (tertiary/aromatic N) is 1. The third-order valence-electron chi connectivity index (χ3n) is 14.0. The molecule has 0 aromatic carbocycles. The van der Waals surface area contributed by atoms with E-state index in [1.807, 2.05) is 5.32 Å². The highest BCUT2D eigenvalue weighted by molar-refractivity contribution is 5.98. The number of rotatable bonds is 56. The summed E-state index contributed by atoms with van der Waals surface area (Å²) in [7, 11) is 0. The van der Waals surface area contributed by atoms with Crippen LogP contribution in [0.15, 0.2) is 12.5 Å². The van der Waals surface area contributed by atoms with Crippen LogP contribution in [0.25, 0.3) is 0 Å². The number of aliphatic carboxylic acids is 4. The molecule has 7 atom stereocenters. The number of aliphatic hydroxyl groups is 2. The second-order valence-electron chi connectivity index (χ2n) is 21.8. The van der Waals surface area contributed by atoms with Crippen LogP contribution in [0.5, 0.6) is 0 Å². The number of carboxylic acids is 4. The van der Waals surface area contributed by atoms with Crippen molar-refractivity contribution in [3.05, 3.63) is 18.2 Å². The van der Waals surface area contributed by atoms with E-state index < -0.39 is 171 Å². The smallest absolute Gasteiger partial charge is 0.303 e. The molecule has 1 rings (SSSR count). The molecule has 34 heteroatoms. The molecule has 18 N–H and O–H groups in total. The summed E-state index contributed by atoms with van der Waals surface area (Å²) < 4.78 is 10.8. The summed E-state index contributed by atoms with van der Waals surface area (Å²) in [5.41, 5.74) is 5.92. The van der Waals surface area contributed by atoms with Crippen molar-refractivity contribution in [3.8, 4) is 0 Å². The summed E-state index contributed by atoms with van der Waals surface area (Å²) in [4.78, 5) is 181. The number of amides is 10. The lowest BCUT2D eigenvalue weighted by molar-refractivity contribution is -0.140. The molecule has 0 unspecified atom stereocenters. The number of carbonyl (C=O) groups excluding carboxylic acids is 10. The molecule has 0 spiro atoms. The molecule has 0 aliphatic heterocycles. The maximum absolute atomic E-state index is 13.6. The van der Waals surface area contributed by atoms with Gasteiger partial charge in [-0.25, -0.2) is 4.98 Å². The van der Waals surface area contributed by atoms with Crippen molar-refractivity contribution in [3.63, 3.8) is 0 Å². The Morgan fingerprint density at radius 2 is 0.826 bits per heavy atom. The van der Waals surface area contributed by atoms with Crippen LogP contribution in [0.4, 0.5) is 0 Å². The highest BCUT2D eigenvalue weighted by atomic mass is 16.5. The zero-order valence-electron chi connectivity index (χ0n) is 52.3. The Labute approximate surface area is 532 Å². The SMILES string of the molecule is CC(=O)N[C@@H](Cc1cnc[nH]1)C(=O)N[C@@H](CCC(=O)O)C(=O)N[C@@H](CCC(=O)O)C(=O)N[C@@H](CO)C(=O)N[C@@H](CO)C(=O)N[C@@H](CCC(=O)O)C(=O)N[C@@H](CCCCNC(=O)COCCOCCNC(=O)CCCCCCCCCCCCCCCC(=O)O)C(N)=O. The average molecular weight is 1310 g/mol. The number of nitrogens with two attached hydrogens (primary N) is 1. The maximum Gasteiger partial charge on any atom is 0.303 e. The van der Waals surface area contributed by atoms with Gasteiger partial charge in [-0.1, -0.05) is 70.6 Å². The van der Waals surface area contributed by atoms with E-state index in [1.165, 1.54) is 44.6 Å². The normalized spacial score (nSPS) is 13.2. The minimum atomic E-state index is -2.00. The summed E-state index contributed by atoms with van der Waals surface area (Å²) in [5.74, 6) is -14.4. The fourth-order valence-electron chi connectivity index (χ4n) is 8.98. The standard InChI is InChI=1S/C58H96N12O22/c1-37(73)64-43(31-38-32-60-36-63-38)56(88)67-41(21-24-50(80)81)54(86)66-42(22-25-51(82)83)55(87)69-45(34-72)58(90)70-44(33-71)57(89)68-40(20-23-49(78)79)53(85)65-39(52(59)84)17-15-16-26-61-47(75)35-92-30-29-91-28-27-62-46(74)18-13-11-9-7-5-3-2-4-6-8-10-12-14-19-48(76)77/h32,36,39-45,71-72H,2-31,33-35H2,1H3,(H2,59,84)(H,60,63)(H,61,75)(H,62,74)(H,64,73)(H,65,85)(H,66,86)(H,67,88)(H,68,89)(H,69,87)(H,70,90)(H,76,77)(H,78,79)(H,80,81)(H,82,83)/t39-,40-,41-,42-,43-,44-,45-/m0/s1. The summed E-state index contributed by atoms with van der Waals surface area (Å²) in [5, 5.41) is 78.1. The maximum atomic E-state index is 13.6. The minimum absolute atomic E-state index is 0.0514. The third kappa shape index (κ3) is 40.4. The monoisotopic (exact) mass is 1310 g/mol. The van der Waals surface area contributed by atoms with Crippen LogP contribution in [0.2, 0.25) is 0 Å². The zero-order valence-corrected chi connectivity index (χ0v) is 52.3. The first-order chi connectivity index (χ1) is 43.9. The number of hydrogen-bond donors (Lipinski definition) is 17. The summed E-state index contributed by atoms with van der Waals surface area (Å²) in [6.07, 6.45) is 13.5. The van der Waals surface area contributed by atoms with Gasteiger partial charge in [0.05, 0.1) is 39.4 Å². The quantitative estimate of drug-likeness (QED) is 0.0308. The molecule has 1 heterocycles. The van der Waals surface area contributed by atoms with Crippen molar-refractivity contribution in [1.82, 2.24) is 57.8 Å². The van der Waals surface area contributed by atoms with Gasteiger partial charge in [0.15, 0.2) is 0 Å². The number of aromatic nitrogens is 2. The Hall–Kier alpha value is -8.37. The first kappa shape index (κ1) is 81.6. The number of carbonyl (C=O) groups is 14. The van der Waals surface area contributed by atoms with Gasteiger partial charge in [0.1, 0.15) is 48.9 Å². The Morgan fingerprint density at radius 3 is 1.24 bits per heavy atom. The number of aromatic amines is 1. The van der Waals surface area contributed by atoms with Crippen LogP contribution in [-0.4, -0.2) is 219 Å². The molecular weight excluding hydrogens is 1220 g/mol. The van der Waals surface area contributed by atoms with Crippen LogP contribution in [0, 0.1) is 0 Å². The molecule has 34 nitrogen and oxygen atoms in total. The average Bonchev–Trinajstić information content (AvgIpc) is 1.66. The van der Waals surface area contributed by atoms with Gasteiger partial charge >= 0.3 is 23.9 Å². The van der Waals surface area contributed by atoms with Crippen LogP contribution in [0.1, 0.15) is 167 Å². The van der Waals surface area contributed by atoms with E-state index in [2.05, 4.69) is 52.5 Å². The van der Waals surface area contributed by atoms with Gasteiger partial charge in [-0.3, -0.25) is 67.1 Å². The topological polar surface area (TPSA) is 542 Å². The van der Waals surface area contributed by atoms with Gasteiger partial charge in [-0.15, -0.1) is 0 Å². The molecule has 0 bridgehead atoms. The Morgan fingerprint density at radius 1 is 0.435 bits per heavy atom. The molecule has 10 amide bonds. The molecule has 0 saturated carbocycles. The second-order valence-corrected chi connectivity index (χ2v) is 21.8. The van der Waals surface area contributed by atoms with Crippen LogP contribution >= 0.6 is 0 Å². The van der Waals surface area contributed by atoms with E-state index in [9.17, 15) is 92.7 Å². The molecule has 0 aliphatic rings. The number of aliphatic hydroxyl groups excluding tert-OH is 2. The Balaban J connectivity index is 2.65. The molecule has 0 saturated heterocycles. The fourth-order valence-corrected chi connectivity index (χ4v) is 8.98. The van der Waals surface area contributed by atoms with E-state index in [4.69, 9.17) is 20.3 Å². The summed E-state index contributed by atoms with van der Waals surface area (Å²) in [6.45, 7) is -0.614. The first-order valence-electron chi connectivity index (χ1n) is 31.0. The minimum Gasteiger partial charge on any atom is -0.481 e. The number of hydrogen-bond acceptors (Lipinski definition) is 19. The Bertz CT molecular complexity index is 2470. The lowest BCUT2D eigenvalue weighted by atomic mass is 10.0. The summed E-state index contributed by atoms with van der Waals surface area (Å²) >= 11 is 0. The second kappa shape index (κ2) is 49.3. The van der Waals surface area contributed by atoms with Crippen molar-refractivity contribution in [2.45, 2.75) is 210 Å². The van der Waals surface area contributed by atoms with Crippen LogP contribution in [-0.2, 0) is 83.0 Å². The fraction of sp³-hybridized carbons (Fsp3) is 0.707. The zero-order chi connectivity index (χ0) is 68.6. The molecule has 0 fully saturated rings. The number of ether oxygens (including phenoxy) is 2. The van der Waals surface area contributed by atoms with Gasteiger partial charge in [-0.05, 0) is 51.4 Å². The molecule has 520 valence electrons. The van der Waals surface area contributed by atoms with E-state index in [1.54, 1.807) is 0 Å². The van der Waals surface area contributed by atoms with Gasteiger partial charge < -0.3 is 98.7 Å². The van der Waals surface area contributed by atoms with E-state index in [0.717, 1.165) is 58.3 Å². The van der Waals surface area contributed by atoms with Crippen molar-refractivity contribution < 1.29 is 107 Å². The molecule has 1 aromatic rings. The van der Waals surface area contributed by atoms with Crippen molar-refractivity contribution >= 4 is 82.9 Å². The van der Waals surface area contributed by atoms with Gasteiger partial charge in [-0.2, -0.15) is 0 Å². The molecule has 1 aromatic heterocycles. The number of imidazole rings is 1. The largest absolute Gasteiger partial charge is 0.481 e. The van der Waals surface area contributed by atoms with E-state index in [0.29, 0.717) is 18.7 Å². The predicted octanol–water partition coefficient (Wildman–Crippen LogP) is -2.20. The number of nitrogens with one attached hydrogen (secondary N) is 10. The number of unbranched alkanes of at least 4 members (excludes halogenated alkanes) is 13. The first-order valence-corrected chi connectivity index (χ1v) is 31.0. The Kier molecular flexibility index (Phi) is 43.8. The van der Waals surface area contributed by atoms with Crippen molar-refractivity contribution in [1.29, 1.82) is 0 Å². The number of H-pyrrole nitrogens is 1. The van der Waals surface area contributed by atoms with Crippen molar-refractivity contribution in [2.75, 3.05) is 52.7 Å². The lowest BCUT2D eigenvalue weighted by Crippen LogP contribution is -2.61. The number of primary amides is 1. The molecular formula is C58H96N12O22.